The summed E-state index contributed by atoms with van der Waals surface area (Å²) in [5.74, 6) is 1.97. The SMILES string of the molecule is c1ccc(-c2nc(-c3ccccc3)nc(-c3ccc(-c4cccc5nc(-c6ccccc6)sc45)cc3)n2)cc1. The Bertz CT molecular complexity index is 1820. The van der Waals surface area contributed by atoms with Crippen LogP contribution >= 0.6 is 11.3 Å². The molecule has 0 bridgehead atoms. The zero-order valence-electron chi connectivity index (χ0n) is 20.9. The van der Waals surface area contributed by atoms with E-state index in [0.717, 1.165) is 38.3 Å². The monoisotopic (exact) mass is 518 g/mol. The van der Waals surface area contributed by atoms with Crippen LogP contribution < -0.4 is 0 Å². The van der Waals surface area contributed by atoms with Gasteiger partial charge in [0.15, 0.2) is 17.5 Å². The lowest BCUT2D eigenvalue weighted by Gasteiger charge is -2.09. The fraction of sp³-hybridized carbons (Fsp3) is 0. The number of rotatable bonds is 5. The van der Waals surface area contributed by atoms with Gasteiger partial charge in [-0.3, -0.25) is 0 Å². The van der Waals surface area contributed by atoms with Crippen molar-refractivity contribution in [2.45, 2.75) is 0 Å². The molecule has 0 N–H and O–H groups in total. The standard InChI is InChI=1S/C34H22N4S/c1-4-11-24(12-5-1)31-36-32(25-13-6-2-7-14-25)38-33(37-31)26-21-19-23(20-22-26)28-17-10-18-29-30(28)39-34(35-29)27-15-8-3-9-16-27/h1-22H. The molecule has 7 rings (SSSR count). The summed E-state index contributed by atoms with van der Waals surface area (Å²) in [5, 5.41) is 1.03. The molecule has 0 aliphatic carbocycles. The Labute approximate surface area is 230 Å². The van der Waals surface area contributed by atoms with E-state index >= 15 is 0 Å². The number of hydrogen-bond acceptors (Lipinski definition) is 5. The van der Waals surface area contributed by atoms with Crippen LogP contribution in [0.4, 0.5) is 0 Å². The number of benzene rings is 5. The average molecular weight is 519 g/mol. The van der Waals surface area contributed by atoms with Gasteiger partial charge >= 0.3 is 0 Å². The first-order valence-electron chi connectivity index (χ1n) is 12.7. The Balaban J connectivity index is 1.29. The predicted molar refractivity (Wildman–Crippen MR) is 160 cm³/mol. The van der Waals surface area contributed by atoms with Crippen LogP contribution in [-0.4, -0.2) is 19.9 Å². The highest BCUT2D eigenvalue weighted by Gasteiger charge is 2.14. The first-order chi connectivity index (χ1) is 19.3. The second-order valence-electron chi connectivity index (χ2n) is 9.15. The molecule has 0 unspecified atom stereocenters. The van der Waals surface area contributed by atoms with Crippen LogP contribution in [0.2, 0.25) is 0 Å². The molecule has 0 atom stereocenters. The zero-order chi connectivity index (χ0) is 26.0. The lowest BCUT2D eigenvalue weighted by molar-refractivity contribution is 1.07. The number of hydrogen-bond donors (Lipinski definition) is 0. The van der Waals surface area contributed by atoms with E-state index in [4.69, 9.17) is 19.9 Å². The number of fused-ring (bicyclic) bond motifs is 1. The third-order valence-corrected chi connectivity index (χ3v) is 7.74. The molecule has 4 nitrogen and oxygen atoms in total. The number of nitrogens with zero attached hydrogens (tertiary/aromatic N) is 4. The molecule has 0 aliphatic heterocycles. The van der Waals surface area contributed by atoms with Crippen LogP contribution in [0, 0.1) is 0 Å². The van der Waals surface area contributed by atoms with Crippen LogP contribution in [0.15, 0.2) is 133 Å². The summed E-state index contributed by atoms with van der Waals surface area (Å²) < 4.78 is 1.18. The normalized spacial score (nSPS) is 11.1. The average Bonchev–Trinajstić information content (AvgIpc) is 3.47. The lowest BCUT2D eigenvalue weighted by Crippen LogP contribution is -2.00. The molecule has 7 aromatic rings. The molecule has 0 saturated carbocycles. The summed E-state index contributed by atoms with van der Waals surface area (Å²) in [4.78, 5) is 19.4. The molecule has 2 aromatic heterocycles. The Hall–Kier alpha value is -5.00. The Morgan fingerprint density at radius 2 is 0.821 bits per heavy atom. The minimum atomic E-state index is 0.650. The first kappa shape index (κ1) is 23.1. The summed E-state index contributed by atoms with van der Waals surface area (Å²) in [6.07, 6.45) is 0. The first-order valence-corrected chi connectivity index (χ1v) is 13.6. The Kier molecular flexibility index (Phi) is 5.96. The molecule has 5 aromatic carbocycles. The van der Waals surface area contributed by atoms with E-state index in [0.29, 0.717) is 17.5 Å². The quantitative estimate of drug-likeness (QED) is 0.228. The van der Waals surface area contributed by atoms with E-state index in [1.54, 1.807) is 11.3 Å². The van der Waals surface area contributed by atoms with E-state index < -0.39 is 0 Å². The van der Waals surface area contributed by atoms with Crippen LogP contribution in [0.3, 0.4) is 0 Å². The van der Waals surface area contributed by atoms with Crippen molar-refractivity contribution < 1.29 is 0 Å². The molecule has 0 amide bonds. The summed E-state index contributed by atoms with van der Waals surface area (Å²) >= 11 is 1.73. The van der Waals surface area contributed by atoms with Gasteiger partial charge < -0.3 is 0 Å². The number of thiazole rings is 1. The van der Waals surface area contributed by atoms with Crippen LogP contribution in [0.1, 0.15) is 0 Å². The van der Waals surface area contributed by atoms with E-state index in [1.807, 2.05) is 66.7 Å². The molecule has 0 radical (unpaired) electrons. The van der Waals surface area contributed by atoms with Gasteiger partial charge in [-0.15, -0.1) is 11.3 Å². The van der Waals surface area contributed by atoms with E-state index in [1.165, 1.54) is 10.3 Å². The third kappa shape index (κ3) is 4.60. The highest BCUT2D eigenvalue weighted by molar-refractivity contribution is 7.22. The van der Waals surface area contributed by atoms with Crippen LogP contribution in [0.5, 0.6) is 0 Å². The van der Waals surface area contributed by atoms with Gasteiger partial charge in [-0.1, -0.05) is 127 Å². The molecule has 2 heterocycles. The van der Waals surface area contributed by atoms with E-state index in [9.17, 15) is 0 Å². The largest absolute Gasteiger partial charge is 0.236 e. The highest BCUT2D eigenvalue weighted by atomic mass is 32.1. The fourth-order valence-electron chi connectivity index (χ4n) is 4.62. The van der Waals surface area contributed by atoms with Gasteiger partial charge in [0, 0.05) is 27.8 Å². The number of aromatic nitrogens is 4. The van der Waals surface area contributed by atoms with E-state index in [-0.39, 0.29) is 0 Å². The predicted octanol–water partition coefficient (Wildman–Crippen LogP) is 8.82. The fourth-order valence-corrected chi connectivity index (χ4v) is 5.72. The molecule has 39 heavy (non-hydrogen) atoms. The minimum Gasteiger partial charge on any atom is -0.236 e. The molecule has 0 aliphatic rings. The maximum Gasteiger partial charge on any atom is 0.164 e. The van der Waals surface area contributed by atoms with Gasteiger partial charge in [-0.2, -0.15) is 0 Å². The molecular formula is C34H22N4S. The smallest absolute Gasteiger partial charge is 0.164 e. The van der Waals surface area contributed by atoms with Crippen molar-refractivity contribution in [2.24, 2.45) is 0 Å². The van der Waals surface area contributed by atoms with Crippen molar-refractivity contribution in [3.63, 3.8) is 0 Å². The zero-order valence-corrected chi connectivity index (χ0v) is 21.7. The molecular weight excluding hydrogens is 496 g/mol. The van der Waals surface area contributed by atoms with Crippen molar-refractivity contribution in [3.05, 3.63) is 133 Å². The van der Waals surface area contributed by atoms with Gasteiger partial charge in [0.2, 0.25) is 0 Å². The summed E-state index contributed by atoms with van der Waals surface area (Å²) in [6, 6.07) is 45.2. The maximum atomic E-state index is 4.90. The molecule has 0 saturated heterocycles. The van der Waals surface area contributed by atoms with Gasteiger partial charge in [0.1, 0.15) is 5.01 Å². The van der Waals surface area contributed by atoms with Gasteiger partial charge in [-0.25, -0.2) is 19.9 Å². The van der Waals surface area contributed by atoms with Gasteiger partial charge in [0.25, 0.3) is 0 Å². The maximum absolute atomic E-state index is 4.90. The second kappa shape index (κ2) is 10.0. The Morgan fingerprint density at radius 1 is 0.359 bits per heavy atom. The minimum absolute atomic E-state index is 0.650. The van der Waals surface area contributed by atoms with Crippen molar-refractivity contribution in [2.75, 3.05) is 0 Å². The Morgan fingerprint density at radius 3 is 1.36 bits per heavy atom. The van der Waals surface area contributed by atoms with Gasteiger partial charge in [0.05, 0.1) is 10.2 Å². The molecule has 0 fully saturated rings. The molecule has 5 heteroatoms. The van der Waals surface area contributed by atoms with Crippen molar-refractivity contribution >= 4 is 21.6 Å². The van der Waals surface area contributed by atoms with E-state index in [2.05, 4.69) is 66.7 Å². The molecule has 184 valence electrons. The second-order valence-corrected chi connectivity index (χ2v) is 10.2. The summed E-state index contributed by atoms with van der Waals surface area (Å²) in [6.45, 7) is 0. The van der Waals surface area contributed by atoms with Crippen LogP contribution in [-0.2, 0) is 0 Å². The molecule has 0 spiro atoms. The highest BCUT2D eigenvalue weighted by Crippen LogP contribution is 2.37. The topological polar surface area (TPSA) is 51.6 Å². The summed E-state index contributed by atoms with van der Waals surface area (Å²) in [5.41, 5.74) is 7.31. The van der Waals surface area contributed by atoms with Gasteiger partial charge in [-0.05, 0) is 11.6 Å². The van der Waals surface area contributed by atoms with Crippen molar-refractivity contribution in [1.82, 2.24) is 19.9 Å². The van der Waals surface area contributed by atoms with Crippen molar-refractivity contribution in [1.29, 1.82) is 0 Å². The van der Waals surface area contributed by atoms with Crippen molar-refractivity contribution in [3.8, 4) is 55.9 Å². The summed E-state index contributed by atoms with van der Waals surface area (Å²) in [7, 11) is 0. The third-order valence-electron chi connectivity index (χ3n) is 6.59. The lowest BCUT2D eigenvalue weighted by atomic mass is 10.0. The van der Waals surface area contributed by atoms with Crippen LogP contribution in [0.25, 0.3) is 66.1 Å².